The monoisotopic (exact) mass is 380 g/mol. The van der Waals surface area contributed by atoms with Gasteiger partial charge in [0.15, 0.2) is 11.5 Å². The van der Waals surface area contributed by atoms with E-state index in [1.54, 1.807) is 0 Å². The van der Waals surface area contributed by atoms with Gasteiger partial charge in [-0.25, -0.2) is 0 Å². The van der Waals surface area contributed by atoms with E-state index < -0.39 is 0 Å². The summed E-state index contributed by atoms with van der Waals surface area (Å²) in [6.07, 6.45) is 1.91. The Kier molecular flexibility index (Phi) is 5.16. The Morgan fingerprint density at radius 2 is 1.89 bits per heavy atom. The number of ether oxygens (including phenoxy) is 2. The molecule has 1 atom stereocenters. The predicted molar refractivity (Wildman–Crippen MR) is 110 cm³/mol. The van der Waals surface area contributed by atoms with Crippen LogP contribution in [0.5, 0.6) is 11.5 Å². The van der Waals surface area contributed by atoms with Gasteiger partial charge in [-0.3, -0.25) is 4.79 Å². The number of benzene rings is 2. The minimum atomic E-state index is -0.201. The van der Waals surface area contributed by atoms with Crippen molar-refractivity contribution in [2.45, 2.75) is 45.8 Å². The lowest BCUT2D eigenvalue weighted by Crippen LogP contribution is -2.44. The standard InChI is InChI=1S/C23H28N2O3/c1-4-27-21-13-16(9-12-20(21)28-14-15(2)3)22-24-19-8-6-5-7-18(19)23(26)25(22)17-10-11-17/h5-9,12-13,15,17,22,24H,4,10-11,14H2,1-3H3/t22-/m0/s1. The fourth-order valence-electron chi connectivity index (χ4n) is 3.58. The SMILES string of the molecule is CCOc1cc([C@H]2Nc3ccccc3C(=O)N2C2CC2)ccc1OCC(C)C. The zero-order chi connectivity index (χ0) is 19.7. The molecule has 0 saturated heterocycles. The van der Waals surface area contributed by atoms with Crippen molar-refractivity contribution in [2.24, 2.45) is 5.92 Å². The molecule has 0 spiro atoms. The summed E-state index contributed by atoms with van der Waals surface area (Å²) in [5.74, 6) is 2.01. The van der Waals surface area contributed by atoms with Crippen LogP contribution in [0.2, 0.25) is 0 Å². The summed E-state index contributed by atoms with van der Waals surface area (Å²) in [4.78, 5) is 15.2. The molecule has 1 aliphatic heterocycles. The number of hydrogen-bond donors (Lipinski definition) is 1. The lowest BCUT2D eigenvalue weighted by molar-refractivity contribution is 0.0666. The molecule has 1 aliphatic carbocycles. The van der Waals surface area contributed by atoms with Crippen LogP contribution in [0.25, 0.3) is 0 Å². The first kappa shape index (κ1) is 18.7. The van der Waals surface area contributed by atoms with Crippen LogP contribution >= 0.6 is 0 Å². The van der Waals surface area contributed by atoms with E-state index in [1.165, 1.54) is 0 Å². The van der Waals surface area contributed by atoms with E-state index in [2.05, 4.69) is 19.2 Å². The van der Waals surface area contributed by atoms with Crippen LogP contribution in [0.3, 0.4) is 0 Å². The average Bonchev–Trinajstić information content (AvgIpc) is 3.52. The molecule has 1 N–H and O–H groups in total. The van der Waals surface area contributed by atoms with Crippen molar-refractivity contribution in [3.05, 3.63) is 53.6 Å². The first-order valence-electron chi connectivity index (χ1n) is 10.2. The number of anilines is 1. The van der Waals surface area contributed by atoms with E-state index in [-0.39, 0.29) is 12.1 Å². The molecule has 28 heavy (non-hydrogen) atoms. The Bertz CT molecular complexity index is 861. The maximum absolute atomic E-state index is 13.2. The van der Waals surface area contributed by atoms with Crippen molar-refractivity contribution in [3.8, 4) is 11.5 Å². The van der Waals surface area contributed by atoms with Crippen LogP contribution in [-0.4, -0.2) is 30.1 Å². The Labute approximate surface area is 166 Å². The summed E-state index contributed by atoms with van der Waals surface area (Å²) in [6, 6.07) is 14.0. The molecule has 0 bridgehead atoms. The third-order valence-electron chi connectivity index (χ3n) is 5.06. The number of fused-ring (bicyclic) bond motifs is 1. The minimum absolute atomic E-state index is 0.0972. The molecular weight excluding hydrogens is 352 g/mol. The second-order valence-electron chi connectivity index (χ2n) is 7.88. The van der Waals surface area contributed by atoms with E-state index in [0.29, 0.717) is 25.2 Å². The number of para-hydroxylation sites is 1. The van der Waals surface area contributed by atoms with Crippen LogP contribution in [0, 0.1) is 5.92 Å². The van der Waals surface area contributed by atoms with Crippen molar-refractivity contribution in [1.82, 2.24) is 4.90 Å². The molecule has 4 rings (SSSR count). The Balaban J connectivity index is 1.68. The Morgan fingerprint density at radius 1 is 1.11 bits per heavy atom. The summed E-state index contributed by atoms with van der Waals surface area (Å²) in [5.41, 5.74) is 2.63. The second kappa shape index (κ2) is 7.74. The molecule has 0 radical (unpaired) electrons. The van der Waals surface area contributed by atoms with Gasteiger partial charge in [-0.15, -0.1) is 0 Å². The highest BCUT2D eigenvalue weighted by molar-refractivity contribution is 6.02. The predicted octanol–water partition coefficient (Wildman–Crippen LogP) is 4.85. The van der Waals surface area contributed by atoms with Crippen molar-refractivity contribution in [1.29, 1.82) is 0 Å². The number of rotatable bonds is 7. The van der Waals surface area contributed by atoms with Crippen molar-refractivity contribution in [2.75, 3.05) is 18.5 Å². The normalized spacial score (nSPS) is 18.6. The van der Waals surface area contributed by atoms with E-state index in [1.807, 2.05) is 54.3 Å². The summed E-state index contributed by atoms with van der Waals surface area (Å²) in [5, 5.41) is 3.56. The molecule has 2 aromatic carbocycles. The molecule has 1 fully saturated rings. The number of hydrogen-bond acceptors (Lipinski definition) is 4. The van der Waals surface area contributed by atoms with Crippen LogP contribution in [0.4, 0.5) is 5.69 Å². The van der Waals surface area contributed by atoms with Gasteiger partial charge in [0.1, 0.15) is 6.17 Å². The van der Waals surface area contributed by atoms with Gasteiger partial charge in [-0.2, -0.15) is 0 Å². The smallest absolute Gasteiger partial charge is 0.258 e. The van der Waals surface area contributed by atoms with Crippen LogP contribution in [0.15, 0.2) is 42.5 Å². The van der Waals surface area contributed by atoms with Gasteiger partial charge in [-0.05, 0) is 55.5 Å². The third kappa shape index (κ3) is 3.66. The van der Waals surface area contributed by atoms with Gasteiger partial charge < -0.3 is 19.7 Å². The first-order valence-corrected chi connectivity index (χ1v) is 10.2. The lowest BCUT2D eigenvalue weighted by atomic mass is 10.0. The van der Waals surface area contributed by atoms with Gasteiger partial charge in [-0.1, -0.05) is 32.0 Å². The molecule has 1 heterocycles. The zero-order valence-corrected chi connectivity index (χ0v) is 16.8. The zero-order valence-electron chi connectivity index (χ0n) is 16.8. The highest BCUT2D eigenvalue weighted by Crippen LogP contribution is 2.42. The van der Waals surface area contributed by atoms with E-state index in [4.69, 9.17) is 9.47 Å². The number of nitrogens with zero attached hydrogens (tertiary/aromatic N) is 1. The maximum Gasteiger partial charge on any atom is 0.258 e. The number of carbonyl (C=O) groups is 1. The Morgan fingerprint density at radius 3 is 2.61 bits per heavy atom. The molecule has 5 heteroatoms. The topological polar surface area (TPSA) is 50.8 Å². The lowest BCUT2D eigenvalue weighted by Gasteiger charge is -2.38. The fraction of sp³-hybridized carbons (Fsp3) is 0.435. The third-order valence-corrected chi connectivity index (χ3v) is 5.06. The maximum atomic E-state index is 13.2. The summed E-state index contributed by atoms with van der Waals surface area (Å²) in [7, 11) is 0. The number of nitrogens with one attached hydrogen (secondary N) is 1. The van der Waals surface area contributed by atoms with Crippen LogP contribution in [-0.2, 0) is 0 Å². The highest BCUT2D eigenvalue weighted by Gasteiger charge is 2.42. The molecule has 2 aromatic rings. The van der Waals surface area contributed by atoms with Gasteiger partial charge >= 0.3 is 0 Å². The van der Waals surface area contributed by atoms with Gasteiger partial charge in [0.05, 0.1) is 18.8 Å². The number of amides is 1. The van der Waals surface area contributed by atoms with Gasteiger partial charge in [0.2, 0.25) is 0 Å². The molecule has 5 nitrogen and oxygen atoms in total. The quantitative estimate of drug-likeness (QED) is 0.746. The average molecular weight is 380 g/mol. The van der Waals surface area contributed by atoms with Gasteiger partial charge in [0, 0.05) is 11.7 Å². The van der Waals surface area contributed by atoms with Crippen molar-refractivity contribution >= 4 is 11.6 Å². The minimum Gasteiger partial charge on any atom is -0.490 e. The van der Waals surface area contributed by atoms with Crippen LogP contribution in [0.1, 0.15) is 55.7 Å². The largest absolute Gasteiger partial charge is 0.490 e. The molecule has 148 valence electrons. The fourth-order valence-corrected chi connectivity index (χ4v) is 3.58. The second-order valence-corrected chi connectivity index (χ2v) is 7.88. The summed E-state index contributed by atoms with van der Waals surface area (Å²) in [6.45, 7) is 7.41. The summed E-state index contributed by atoms with van der Waals surface area (Å²) < 4.78 is 11.8. The molecule has 1 saturated carbocycles. The molecule has 0 unspecified atom stereocenters. The van der Waals surface area contributed by atoms with Crippen molar-refractivity contribution < 1.29 is 14.3 Å². The molecule has 1 amide bonds. The molecular formula is C23H28N2O3. The van der Waals surface area contributed by atoms with Crippen molar-refractivity contribution in [3.63, 3.8) is 0 Å². The molecule has 0 aromatic heterocycles. The first-order chi connectivity index (χ1) is 13.6. The van der Waals surface area contributed by atoms with E-state index >= 15 is 0 Å². The van der Waals surface area contributed by atoms with E-state index in [0.717, 1.165) is 41.2 Å². The molecule has 2 aliphatic rings. The number of carbonyl (C=O) groups excluding carboxylic acids is 1. The summed E-state index contributed by atoms with van der Waals surface area (Å²) >= 11 is 0. The van der Waals surface area contributed by atoms with E-state index in [9.17, 15) is 4.79 Å². The Hall–Kier alpha value is -2.69. The highest BCUT2D eigenvalue weighted by atomic mass is 16.5. The van der Waals surface area contributed by atoms with Gasteiger partial charge in [0.25, 0.3) is 5.91 Å². The van der Waals surface area contributed by atoms with Crippen LogP contribution < -0.4 is 14.8 Å².